The van der Waals surface area contributed by atoms with Crippen LogP contribution in [-0.4, -0.2) is 72.4 Å². The molecule has 1 saturated heterocycles. The number of carbonyl (C=O) groups excluding carboxylic acids is 3. The average Bonchev–Trinajstić information content (AvgIpc) is 3.19. The lowest BCUT2D eigenvalue weighted by atomic mass is 9.93. The van der Waals surface area contributed by atoms with E-state index in [9.17, 15) is 24.6 Å². The number of benzene rings is 4. The molecule has 0 spiro atoms. The maximum atomic E-state index is 13.1. The number of fused-ring (bicyclic) bond motifs is 1. The number of hydrogen-bond donors (Lipinski definition) is 6. The fraction of sp³-hybridized carbons (Fsp3) is 0.326. The number of aromatic hydroxyl groups is 1. The van der Waals surface area contributed by atoms with Crippen molar-refractivity contribution in [1.29, 1.82) is 0 Å². The fourth-order valence-corrected chi connectivity index (χ4v) is 7.04. The maximum absolute atomic E-state index is 13.1. The Morgan fingerprint density at radius 1 is 0.982 bits per heavy atom. The van der Waals surface area contributed by atoms with Gasteiger partial charge in [0.15, 0.2) is 0 Å². The van der Waals surface area contributed by atoms with Gasteiger partial charge in [-0.3, -0.25) is 14.9 Å². The molecule has 2 aliphatic rings. The summed E-state index contributed by atoms with van der Waals surface area (Å²) in [6.07, 6.45) is 0.761. The molecule has 6 rings (SSSR count). The van der Waals surface area contributed by atoms with Gasteiger partial charge < -0.3 is 40.5 Å². The van der Waals surface area contributed by atoms with E-state index in [0.717, 1.165) is 22.3 Å². The predicted octanol–water partition coefficient (Wildman–Crippen LogP) is 6.19. The number of amides is 3. The number of phenolic OH excluding ortho intramolecular Hbond substituents is 1. The van der Waals surface area contributed by atoms with Crippen molar-refractivity contribution in [2.24, 2.45) is 0 Å². The van der Waals surface area contributed by atoms with Crippen LogP contribution in [0.3, 0.4) is 0 Å². The Kier molecular flexibility index (Phi) is 13.0. The zero-order valence-corrected chi connectivity index (χ0v) is 31.1. The Morgan fingerprint density at radius 2 is 1.75 bits per heavy atom. The van der Waals surface area contributed by atoms with Crippen molar-refractivity contribution in [1.82, 2.24) is 10.2 Å². The third-order valence-corrected chi connectivity index (χ3v) is 9.87. The highest BCUT2D eigenvalue weighted by molar-refractivity contribution is 5.96. The molecule has 2 aliphatic heterocycles. The largest absolute Gasteiger partial charge is 0.506 e. The molecule has 4 aromatic carbocycles. The number of nitrogens with one attached hydrogen (secondary N) is 4. The van der Waals surface area contributed by atoms with Crippen LogP contribution in [0.5, 0.6) is 11.5 Å². The van der Waals surface area contributed by atoms with Gasteiger partial charge in [0.25, 0.3) is 0 Å². The van der Waals surface area contributed by atoms with E-state index in [1.165, 1.54) is 6.07 Å². The highest BCUT2D eigenvalue weighted by Crippen LogP contribution is 2.37. The van der Waals surface area contributed by atoms with Gasteiger partial charge in [-0.05, 0) is 61.1 Å². The first-order valence-corrected chi connectivity index (χ1v) is 18.5. The molecule has 0 aromatic heterocycles. The molecular weight excluding hydrogens is 699 g/mol. The molecular formula is C43H47N5O7. The zero-order valence-electron chi connectivity index (χ0n) is 31.1. The minimum Gasteiger partial charge on any atom is -0.506 e. The van der Waals surface area contributed by atoms with E-state index in [-0.39, 0.29) is 43.1 Å². The standard InChI is InChI=1S/C43H47N5O7/c1-3-9-29-24-30(26-44-27-38(50)33-14-16-37(49)42-34(33)15-17-40(51)47-42)39(54-2)25-36(29)45-41(52)20-23-48-21-18-31(19-22-48)55-43(53)46-35-13-8-7-12-32(35)28-10-5-4-6-11-28/h4-8,10-14,16,24-25,31,38,44,49-50H,15,17-23,26-27H2,1-2H3,(H,45,52)(H,46,53)(H,47,51)/t38-/m0/s1. The number of para-hydroxylation sites is 1. The third-order valence-electron chi connectivity index (χ3n) is 9.87. The van der Waals surface area contributed by atoms with Crippen LogP contribution in [0.15, 0.2) is 78.9 Å². The summed E-state index contributed by atoms with van der Waals surface area (Å²) < 4.78 is 11.4. The summed E-state index contributed by atoms with van der Waals surface area (Å²) >= 11 is 0. The van der Waals surface area contributed by atoms with Crippen LogP contribution in [0.2, 0.25) is 0 Å². The number of likely N-dealkylation sites (tertiary alicyclic amines) is 1. The molecule has 4 aromatic rings. The van der Waals surface area contributed by atoms with Gasteiger partial charge in [0.2, 0.25) is 11.8 Å². The van der Waals surface area contributed by atoms with Crippen LogP contribution in [0.1, 0.15) is 61.0 Å². The zero-order chi connectivity index (χ0) is 38.7. The third kappa shape index (κ3) is 10.0. The molecule has 12 heteroatoms. The normalized spacial score (nSPS) is 14.8. The number of aliphatic hydroxyl groups excluding tert-OH is 1. The number of methoxy groups -OCH3 is 1. The van der Waals surface area contributed by atoms with Crippen molar-refractivity contribution in [3.63, 3.8) is 0 Å². The number of ether oxygens (including phenoxy) is 2. The summed E-state index contributed by atoms with van der Waals surface area (Å²) in [5.74, 6) is 6.21. The quantitative estimate of drug-likeness (QED) is 0.0693. The topological polar surface area (TPSA) is 161 Å². The second kappa shape index (κ2) is 18.4. The number of hydrogen-bond acceptors (Lipinski definition) is 9. The second-order valence-corrected chi connectivity index (χ2v) is 13.6. The number of piperidine rings is 1. The van der Waals surface area contributed by atoms with Crippen molar-refractivity contribution in [2.45, 2.75) is 57.8 Å². The molecule has 1 atom stereocenters. The van der Waals surface area contributed by atoms with Crippen LogP contribution in [0.4, 0.5) is 21.9 Å². The molecule has 0 unspecified atom stereocenters. The molecule has 1 fully saturated rings. The lowest BCUT2D eigenvalue weighted by molar-refractivity contribution is -0.117. The highest BCUT2D eigenvalue weighted by atomic mass is 16.6. The van der Waals surface area contributed by atoms with Gasteiger partial charge in [-0.25, -0.2) is 4.79 Å². The molecule has 3 amide bonds. The average molecular weight is 746 g/mol. The molecule has 0 radical (unpaired) electrons. The van der Waals surface area contributed by atoms with E-state index in [1.807, 2.05) is 60.7 Å². The number of rotatable bonds is 13. The van der Waals surface area contributed by atoms with Crippen molar-refractivity contribution in [3.8, 4) is 34.5 Å². The van der Waals surface area contributed by atoms with Crippen LogP contribution < -0.4 is 26.0 Å². The van der Waals surface area contributed by atoms with Crippen LogP contribution in [0.25, 0.3) is 11.1 Å². The van der Waals surface area contributed by atoms with E-state index in [2.05, 4.69) is 38.0 Å². The van der Waals surface area contributed by atoms with E-state index >= 15 is 0 Å². The first-order chi connectivity index (χ1) is 26.7. The van der Waals surface area contributed by atoms with Gasteiger partial charge in [0, 0.05) is 68.3 Å². The van der Waals surface area contributed by atoms with Crippen molar-refractivity contribution in [3.05, 3.63) is 101 Å². The number of carbonyl (C=O) groups is 3. The van der Waals surface area contributed by atoms with Crippen LogP contribution in [0, 0.1) is 11.8 Å². The first-order valence-electron chi connectivity index (χ1n) is 18.5. The molecule has 55 heavy (non-hydrogen) atoms. The summed E-state index contributed by atoms with van der Waals surface area (Å²) in [4.78, 5) is 40.0. The monoisotopic (exact) mass is 745 g/mol. The van der Waals surface area contributed by atoms with E-state index in [0.29, 0.717) is 79.4 Å². The number of aliphatic hydroxyl groups is 1. The Balaban J connectivity index is 0.973. The maximum Gasteiger partial charge on any atom is 0.411 e. The predicted molar refractivity (Wildman–Crippen MR) is 212 cm³/mol. The van der Waals surface area contributed by atoms with E-state index < -0.39 is 12.2 Å². The summed E-state index contributed by atoms with van der Waals surface area (Å²) in [6.45, 7) is 4.25. The first kappa shape index (κ1) is 38.8. The lowest BCUT2D eigenvalue weighted by Crippen LogP contribution is -2.39. The summed E-state index contributed by atoms with van der Waals surface area (Å²) in [5.41, 5.74) is 6.33. The van der Waals surface area contributed by atoms with Crippen molar-refractivity contribution >= 4 is 35.0 Å². The number of anilines is 3. The molecule has 6 N–H and O–H groups in total. The van der Waals surface area contributed by atoms with Crippen LogP contribution >= 0.6 is 0 Å². The van der Waals surface area contributed by atoms with Gasteiger partial charge in [-0.2, -0.15) is 0 Å². The fourth-order valence-electron chi connectivity index (χ4n) is 7.04. The Morgan fingerprint density at radius 3 is 2.51 bits per heavy atom. The Labute approximate surface area is 321 Å². The van der Waals surface area contributed by atoms with Crippen molar-refractivity contribution in [2.75, 3.05) is 49.2 Å². The summed E-state index contributed by atoms with van der Waals surface area (Å²) in [7, 11) is 1.56. The van der Waals surface area contributed by atoms with Crippen LogP contribution in [-0.2, 0) is 27.3 Å². The van der Waals surface area contributed by atoms with Gasteiger partial charge in [-0.15, -0.1) is 5.92 Å². The molecule has 0 saturated carbocycles. The number of nitrogens with zero attached hydrogens (tertiary/aromatic N) is 1. The van der Waals surface area contributed by atoms with Gasteiger partial charge in [0.05, 0.1) is 30.3 Å². The van der Waals surface area contributed by atoms with E-state index in [1.54, 1.807) is 26.2 Å². The molecule has 12 nitrogen and oxygen atoms in total. The summed E-state index contributed by atoms with van der Waals surface area (Å²) in [6, 6.07) is 24.3. The SMILES string of the molecule is CC#Cc1cc(CNC[C@H](O)c2ccc(O)c3c2CCC(=O)N3)c(OC)cc1NC(=O)CCN1CCC(OC(=O)Nc2ccccc2-c2ccccc2)CC1. The minimum absolute atomic E-state index is 0.0242. The number of phenols is 1. The highest BCUT2D eigenvalue weighted by Gasteiger charge is 2.25. The van der Waals surface area contributed by atoms with Gasteiger partial charge in [-0.1, -0.05) is 60.5 Å². The summed E-state index contributed by atoms with van der Waals surface area (Å²) in [5, 5.41) is 33.1. The Hall–Kier alpha value is -5.87. The van der Waals surface area contributed by atoms with Gasteiger partial charge >= 0.3 is 6.09 Å². The molecule has 2 heterocycles. The van der Waals surface area contributed by atoms with Gasteiger partial charge in [0.1, 0.15) is 17.6 Å². The molecule has 0 aliphatic carbocycles. The minimum atomic E-state index is -0.880. The van der Waals surface area contributed by atoms with E-state index in [4.69, 9.17) is 9.47 Å². The second-order valence-electron chi connectivity index (χ2n) is 13.6. The lowest BCUT2D eigenvalue weighted by Gasteiger charge is -2.31. The Bertz CT molecular complexity index is 2070. The van der Waals surface area contributed by atoms with Crippen molar-refractivity contribution < 1.29 is 34.1 Å². The molecule has 0 bridgehead atoms. The molecule has 286 valence electrons. The smallest absolute Gasteiger partial charge is 0.411 e.